The Balaban J connectivity index is 1.27. The highest BCUT2D eigenvalue weighted by Crippen LogP contribution is 2.46. The molecule has 0 saturated carbocycles. The summed E-state index contributed by atoms with van der Waals surface area (Å²) >= 11 is 0. The van der Waals surface area contributed by atoms with E-state index in [2.05, 4.69) is 144 Å². The quantitative estimate of drug-likeness (QED) is 0.200. The molecule has 222 valence electrons. The van der Waals surface area contributed by atoms with Crippen LogP contribution in [-0.4, -0.2) is 14.5 Å². The second-order valence-electron chi connectivity index (χ2n) is 12.5. The van der Waals surface area contributed by atoms with Crippen LogP contribution in [0, 0.1) is 0 Å². The first-order valence-corrected chi connectivity index (χ1v) is 16.3. The van der Waals surface area contributed by atoms with Gasteiger partial charge in [-0.3, -0.25) is 4.57 Å². The van der Waals surface area contributed by atoms with E-state index in [0.29, 0.717) is 5.95 Å². The van der Waals surface area contributed by atoms with E-state index >= 15 is 0 Å². The number of rotatable bonds is 3. The van der Waals surface area contributed by atoms with Crippen molar-refractivity contribution >= 4 is 76.2 Å². The van der Waals surface area contributed by atoms with Crippen molar-refractivity contribution < 1.29 is 4.42 Å². The van der Waals surface area contributed by atoms with Crippen molar-refractivity contribution in [2.75, 3.05) is 0 Å². The lowest BCUT2D eigenvalue weighted by Gasteiger charge is -2.12. The molecule has 0 saturated heterocycles. The Morgan fingerprint density at radius 2 is 0.979 bits per heavy atom. The van der Waals surface area contributed by atoms with E-state index in [1.807, 2.05) is 12.1 Å². The molecule has 0 fully saturated rings. The second-order valence-corrected chi connectivity index (χ2v) is 12.5. The summed E-state index contributed by atoms with van der Waals surface area (Å²) in [6.45, 7) is 0. The second kappa shape index (κ2) is 9.50. The maximum atomic E-state index is 6.54. The van der Waals surface area contributed by atoms with Crippen LogP contribution in [0.25, 0.3) is 105 Å². The molecule has 3 heterocycles. The summed E-state index contributed by atoms with van der Waals surface area (Å²) in [6, 6.07) is 53.5. The molecular weight excluding hydrogens is 587 g/mol. The van der Waals surface area contributed by atoms with Gasteiger partial charge in [0, 0.05) is 32.5 Å². The van der Waals surface area contributed by atoms with Crippen LogP contribution in [0.5, 0.6) is 0 Å². The predicted octanol–water partition coefficient (Wildman–Crippen LogP) is 11.7. The molecule has 11 rings (SSSR count). The molecular formula is C44H25N3O. The molecule has 48 heavy (non-hydrogen) atoms. The fourth-order valence-corrected chi connectivity index (χ4v) is 7.91. The number of aromatic nitrogens is 3. The van der Waals surface area contributed by atoms with Crippen LogP contribution in [-0.2, 0) is 0 Å². The Morgan fingerprint density at radius 1 is 0.375 bits per heavy atom. The van der Waals surface area contributed by atoms with Gasteiger partial charge >= 0.3 is 0 Å². The van der Waals surface area contributed by atoms with Gasteiger partial charge < -0.3 is 4.42 Å². The van der Waals surface area contributed by atoms with E-state index in [1.54, 1.807) is 0 Å². The first-order chi connectivity index (χ1) is 23.8. The van der Waals surface area contributed by atoms with E-state index in [9.17, 15) is 0 Å². The van der Waals surface area contributed by atoms with Gasteiger partial charge in [-0.25, -0.2) is 9.97 Å². The van der Waals surface area contributed by atoms with Gasteiger partial charge in [-0.15, -0.1) is 0 Å². The topological polar surface area (TPSA) is 43.9 Å². The number of furan rings is 1. The predicted molar refractivity (Wildman–Crippen MR) is 198 cm³/mol. The van der Waals surface area contributed by atoms with Gasteiger partial charge in [0.05, 0.1) is 22.2 Å². The third kappa shape index (κ3) is 3.43. The normalized spacial score (nSPS) is 12.2. The molecule has 0 spiro atoms. The van der Waals surface area contributed by atoms with Crippen molar-refractivity contribution in [3.63, 3.8) is 0 Å². The van der Waals surface area contributed by atoms with Crippen molar-refractivity contribution in [2.24, 2.45) is 0 Å². The van der Waals surface area contributed by atoms with Crippen molar-refractivity contribution in [1.29, 1.82) is 0 Å². The summed E-state index contributed by atoms with van der Waals surface area (Å²) < 4.78 is 8.79. The molecule has 0 amide bonds. The molecule has 4 nitrogen and oxygen atoms in total. The molecule has 0 atom stereocenters. The minimum atomic E-state index is 0.646. The third-order valence-corrected chi connectivity index (χ3v) is 9.98. The van der Waals surface area contributed by atoms with Crippen molar-refractivity contribution in [3.8, 4) is 28.3 Å². The zero-order valence-electron chi connectivity index (χ0n) is 25.7. The van der Waals surface area contributed by atoms with Crippen LogP contribution in [0.2, 0.25) is 0 Å². The maximum absolute atomic E-state index is 6.54. The van der Waals surface area contributed by atoms with E-state index in [0.717, 1.165) is 55.1 Å². The fraction of sp³-hybridized carbons (Fsp3) is 0. The maximum Gasteiger partial charge on any atom is 0.235 e. The Labute approximate surface area is 274 Å². The molecule has 0 radical (unpaired) electrons. The van der Waals surface area contributed by atoms with Gasteiger partial charge in [0.1, 0.15) is 11.2 Å². The van der Waals surface area contributed by atoms with Crippen LogP contribution in [0.4, 0.5) is 0 Å². The van der Waals surface area contributed by atoms with Gasteiger partial charge in [0.15, 0.2) is 0 Å². The summed E-state index contributed by atoms with van der Waals surface area (Å²) in [5.74, 6) is 0.646. The lowest BCUT2D eigenvalue weighted by molar-refractivity contribution is 0.669. The van der Waals surface area contributed by atoms with Gasteiger partial charge in [-0.1, -0.05) is 121 Å². The molecule has 0 N–H and O–H groups in total. The van der Waals surface area contributed by atoms with Crippen molar-refractivity contribution in [1.82, 2.24) is 14.5 Å². The Hall–Kier alpha value is -6.52. The van der Waals surface area contributed by atoms with Crippen molar-refractivity contribution in [2.45, 2.75) is 0 Å². The van der Waals surface area contributed by atoms with E-state index in [4.69, 9.17) is 14.4 Å². The summed E-state index contributed by atoms with van der Waals surface area (Å²) in [6.07, 6.45) is 0. The van der Waals surface area contributed by atoms with Crippen LogP contribution < -0.4 is 0 Å². The van der Waals surface area contributed by atoms with Gasteiger partial charge in [0.2, 0.25) is 5.95 Å². The first kappa shape index (κ1) is 25.6. The molecule has 0 aliphatic heterocycles. The minimum absolute atomic E-state index is 0.646. The van der Waals surface area contributed by atoms with Crippen LogP contribution in [0.15, 0.2) is 156 Å². The SMILES string of the molecule is c1ccc(-c2ccc(-c3nc(-n4c5cccc6c7ccccc7c7cccc8oc9ccc4c(c9c87)c65)nc4ccccc34)cc2)cc1. The number of hydrogen-bond donors (Lipinski definition) is 0. The van der Waals surface area contributed by atoms with E-state index in [1.165, 1.54) is 43.4 Å². The third-order valence-electron chi connectivity index (χ3n) is 9.98. The fourth-order valence-electron chi connectivity index (χ4n) is 7.91. The largest absolute Gasteiger partial charge is 0.456 e. The minimum Gasteiger partial charge on any atom is -0.456 e. The standard InChI is InChI=1S/C44H25N3O/c1-2-10-26(11-3-1)27-20-22-28(23-21-27)43-33-14-6-7-17-34(33)45-44(46-43)47-35-18-8-15-31-29-12-4-5-13-30(29)32-16-9-19-37-40(32)42-38(48-37)25-24-36(47)41(42)39(31)35/h1-25H. The lowest BCUT2D eigenvalue weighted by atomic mass is 9.95. The molecule has 0 aliphatic carbocycles. The molecule has 8 aromatic carbocycles. The Bertz CT molecular complexity index is 3040. The molecule has 0 unspecified atom stereocenters. The smallest absolute Gasteiger partial charge is 0.235 e. The summed E-state index contributed by atoms with van der Waals surface area (Å²) in [5, 5.41) is 10.5. The number of para-hydroxylation sites is 1. The summed E-state index contributed by atoms with van der Waals surface area (Å²) in [5.41, 5.74) is 9.14. The highest BCUT2D eigenvalue weighted by atomic mass is 16.3. The van der Waals surface area contributed by atoms with E-state index in [-0.39, 0.29) is 0 Å². The Morgan fingerprint density at radius 3 is 1.79 bits per heavy atom. The summed E-state index contributed by atoms with van der Waals surface area (Å²) in [4.78, 5) is 10.6. The first-order valence-electron chi connectivity index (χ1n) is 16.3. The molecule has 0 bridgehead atoms. The van der Waals surface area contributed by atoms with Crippen LogP contribution >= 0.6 is 0 Å². The number of hydrogen-bond acceptors (Lipinski definition) is 3. The monoisotopic (exact) mass is 611 g/mol. The number of nitrogens with zero attached hydrogens (tertiary/aromatic N) is 3. The molecule has 3 aromatic heterocycles. The highest BCUT2D eigenvalue weighted by Gasteiger charge is 2.24. The molecule has 4 heteroatoms. The average molecular weight is 612 g/mol. The zero-order valence-corrected chi connectivity index (χ0v) is 25.7. The average Bonchev–Trinajstić information content (AvgIpc) is 3.70. The summed E-state index contributed by atoms with van der Waals surface area (Å²) in [7, 11) is 0. The lowest BCUT2D eigenvalue weighted by Crippen LogP contribution is -2.03. The van der Waals surface area contributed by atoms with Gasteiger partial charge in [-0.2, -0.15) is 0 Å². The molecule has 0 aliphatic rings. The van der Waals surface area contributed by atoms with Crippen LogP contribution in [0.1, 0.15) is 0 Å². The zero-order chi connectivity index (χ0) is 31.3. The molecule has 11 aromatic rings. The Kier molecular flexibility index (Phi) is 5.08. The van der Waals surface area contributed by atoms with Crippen molar-refractivity contribution in [3.05, 3.63) is 152 Å². The highest BCUT2D eigenvalue weighted by molar-refractivity contribution is 6.38. The van der Waals surface area contributed by atoms with E-state index < -0.39 is 0 Å². The number of fused-ring (bicyclic) bond motifs is 4. The van der Waals surface area contributed by atoms with Gasteiger partial charge in [0.25, 0.3) is 0 Å². The number of benzene rings is 7. The van der Waals surface area contributed by atoms with Gasteiger partial charge in [-0.05, 0) is 63.0 Å². The van der Waals surface area contributed by atoms with Crippen LogP contribution in [0.3, 0.4) is 0 Å².